The molecular weight excluding hydrogens is 182 g/mol. The predicted octanol–water partition coefficient (Wildman–Crippen LogP) is 3.67. The molecule has 0 unspecified atom stereocenters. The molecular formula is C14H14N. The largest absolute Gasteiger partial charge is 0.255 e. The molecule has 2 rings (SSSR count). The van der Waals surface area contributed by atoms with Crippen LogP contribution in [0.5, 0.6) is 0 Å². The third-order valence-corrected chi connectivity index (χ3v) is 2.53. The molecule has 0 spiro atoms. The Morgan fingerprint density at radius 3 is 2.27 bits per heavy atom. The van der Waals surface area contributed by atoms with Gasteiger partial charge in [0.25, 0.3) is 0 Å². The van der Waals surface area contributed by atoms with Crippen LogP contribution in [0.25, 0.3) is 11.1 Å². The molecule has 0 saturated carbocycles. The summed E-state index contributed by atoms with van der Waals surface area (Å²) < 4.78 is 0. The van der Waals surface area contributed by atoms with E-state index in [4.69, 9.17) is 0 Å². The summed E-state index contributed by atoms with van der Waals surface area (Å²) in [5, 5.41) is 0. The summed E-state index contributed by atoms with van der Waals surface area (Å²) >= 11 is 0. The Kier molecular flexibility index (Phi) is 2.82. The molecule has 0 N–H and O–H groups in total. The number of hydrogen-bond donors (Lipinski definition) is 0. The monoisotopic (exact) mass is 196 g/mol. The van der Waals surface area contributed by atoms with Gasteiger partial charge >= 0.3 is 0 Å². The van der Waals surface area contributed by atoms with Crippen molar-refractivity contribution in [2.75, 3.05) is 0 Å². The minimum atomic E-state index is 0.586. The number of benzene rings is 1. The van der Waals surface area contributed by atoms with Gasteiger partial charge in [0.15, 0.2) is 0 Å². The van der Waals surface area contributed by atoms with Crippen molar-refractivity contribution < 1.29 is 0 Å². The Balaban J connectivity index is 2.32. The minimum Gasteiger partial charge on any atom is -0.255 e. The van der Waals surface area contributed by atoms with Gasteiger partial charge in [-0.2, -0.15) is 0 Å². The molecule has 1 heterocycles. The van der Waals surface area contributed by atoms with Crippen molar-refractivity contribution in [3.8, 4) is 11.1 Å². The van der Waals surface area contributed by atoms with Crippen LogP contribution < -0.4 is 0 Å². The molecule has 1 aromatic carbocycles. The number of aromatic nitrogens is 1. The van der Waals surface area contributed by atoms with E-state index in [0.717, 1.165) is 0 Å². The summed E-state index contributed by atoms with van der Waals surface area (Å²) in [5.74, 6) is 0.586. The topological polar surface area (TPSA) is 12.9 Å². The lowest BCUT2D eigenvalue weighted by Crippen LogP contribution is -1.86. The van der Waals surface area contributed by atoms with Crippen molar-refractivity contribution in [2.24, 2.45) is 0 Å². The van der Waals surface area contributed by atoms with E-state index in [1.165, 1.54) is 16.7 Å². The van der Waals surface area contributed by atoms with E-state index in [0.29, 0.717) is 5.92 Å². The quantitative estimate of drug-likeness (QED) is 0.714. The highest BCUT2D eigenvalue weighted by Crippen LogP contribution is 2.21. The van der Waals surface area contributed by atoms with Crippen molar-refractivity contribution in [3.63, 3.8) is 0 Å². The van der Waals surface area contributed by atoms with Gasteiger partial charge in [-0.05, 0) is 34.7 Å². The van der Waals surface area contributed by atoms with E-state index in [1.807, 2.05) is 12.1 Å². The number of hydrogen-bond acceptors (Lipinski definition) is 1. The molecule has 0 aliphatic carbocycles. The SMILES string of the molecule is CC(C)c1ccc(-c2c[c]ncc2)cc1. The average molecular weight is 196 g/mol. The number of nitrogens with zero attached hydrogens (tertiary/aromatic N) is 1. The second kappa shape index (κ2) is 4.26. The van der Waals surface area contributed by atoms with Crippen molar-refractivity contribution in [1.29, 1.82) is 0 Å². The Hall–Kier alpha value is -1.63. The lowest BCUT2D eigenvalue weighted by molar-refractivity contribution is 0.867. The standard InChI is InChI=1S/C14H14N/c1-11(2)12-3-5-13(6-4-12)14-7-9-15-10-8-14/h3-9,11H,1-2H3. The molecule has 0 saturated heterocycles. The van der Waals surface area contributed by atoms with Crippen molar-refractivity contribution in [1.82, 2.24) is 4.98 Å². The van der Waals surface area contributed by atoms with E-state index in [2.05, 4.69) is 49.3 Å². The summed E-state index contributed by atoms with van der Waals surface area (Å²) in [7, 11) is 0. The molecule has 15 heavy (non-hydrogen) atoms. The summed E-state index contributed by atoms with van der Waals surface area (Å²) in [6, 6.07) is 12.6. The Morgan fingerprint density at radius 2 is 1.73 bits per heavy atom. The van der Waals surface area contributed by atoms with Crippen LogP contribution in [0.4, 0.5) is 0 Å². The summed E-state index contributed by atoms with van der Waals surface area (Å²) in [5.41, 5.74) is 3.76. The third kappa shape index (κ3) is 2.24. The molecule has 0 aliphatic rings. The molecule has 0 amide bonds. The Bertz CT molecular complexity index is 415. The van der Waals surface area contributed by atoms with E-state index in [1.54, 1.807) is 6.20 Å². The lowest BCUT2D eigenvalue weighted by Gasteiger charge is -2.06. The second-order valence-electron chi connectivity index (χ2n) is 3.95. The highest BCUT2D eigenvalue weighted by molar-refractivity contribution is 5.62. The molecule has 0 atom stereocenters. The minimum absolute atomic E-state index is 0.586. The van der Waals surface area contributed by atoms with Crippen LogP contribution in [-0.4, -0.2) is 4.98 Å². The van der Waals surface area contributed by atoms with Gasteiger partial charge in [0.1, 0.15) is 0 Å². The first-order chi connectivity index (χ1) is 7.27. The van der Waals surface area contributed by atoms with E-state index in [9.17, 15) is 0 Å². The summed E-state index contributed by atoms with van der Waals surface area (Å²) in [4.78, 5) is 3.89. The van der Waals surface area contributed by atoms with Crippen molar-refractivity contribution in [2.45, 2.75) is 19.8 Å². The first-order valence-electron chi connectivity index (χ1n) is 5.20. The summed E-state index contributed by atoms with van der Waals surface area (Å²) in [6.45, 7) is 4.41. The highest BCUT2D eigenvalue weighted by atomic mass is 14.6. The molecule has 2 aromatic rings. The van der Waals surface area contributed by atoms with Gasteiger partial charge in [-0.1, -0.05) is 38.1 Å². The fraction of sp³-hybridized carbons (Fsp3) is 0.214. The van der Waals surface area contributed by atoms with E-state index >= 15 is 0 Å². The third-order valence-electron chi connectivity index (χ3n) is 2.53. The van der Waals surface area contributed by atoms with Crippen LogP contribution in [0.15, 0.2) is 42.6 Å². The van der Waals surface area contributed by atoms with Crippen LogP contribution >= 0.6 is 0 Å². The van der Waals surface area contributed by atoms with Crippen LogP contribution in [0.2, 0.25) is 0 Å². The lowest BCUT2D eigenvalue weighted by atomic mass is 9.99. The van der Waals surface area contributed by atoms with Crippen LogP contribution in [-0.2, 0) is 0 Å². The van der Waals surface area contributed by atoms with Gasteiger partial charge in [0.2, 0.25) is 0 Å². The van der Waals surface area contributed by atoms with Gasteiger partial charge < -0.3 is 0 Å². The fourth-order valence-corrected chi connectivity index (χ4v) is 1.56. The Labute approximate surface area is 90.8 Å². The Morgan fingerprint density at radius 1 is 1.00 bits per heavy atom. The molecule has 0 fully saturated rings. The fourth-order valence-electron chi connectivity index (χ4n) is 1.56. The van der Waals surface area contributed by atoms with Crippen molar-refractivity contribution >= 4 is 0 Å². The maximum Gasteiger partial charge on any atom is 0.0892 e. The van der Waals surface area contributed by atoms with Gasteiger partial charge in [-0.15, -0.1) is 0 Å². The molecule has 0 bridgehead atoms. The highest BCUT2D eigenvalue weighted by Gasteiger charge is 2.00. The first-order valence-corrected chi connectivity index (χ1v) is 5.20. The number of pyridine rings is 1. The molecule has 0 aliphatic heterocycles. The number of rotatable bonds is 2. The van der Waals surface area contributed by atoms with Crippen LogP contribution in [0.1, 0.15) is 25.3 Å². The molecule has 1 radical (unpaired) electrons. The zero-order valence-electron chi connectivity index (χ0n) is 9.07. The van der Waals surface area contributed by atoms with Gasteiger partial charge in [-0.3, -0.25) is 4.98 Å². The zero-order valence-corrected chi connectivity index (χ0v) is 9.07. The maximum absolute atomic E-state index is 3.89. The predicted molar refractivity (Wildman–Crippen MR) is 62.6 cm³/mol. The van der Waals surface area contributed by atoms with Gasteiger partial charge in [0, 0.05) is 6.20 Å². The summed E-state index contributed by atoms with van der Waals surface area (Å²) in [6.07, 6.45) is 4.62. The average Bonchev–Trinajstić information content (AvgIpc) is 2.30. The van der Waals surface area contributed by atoms with E-state index in [-0.39, 0.29) is 0 Å². The smallest absolute Gasteiger partial charge is 0.0892 e. The van der Waals surface area contributed by atoms with Crippen LogP contribution in [0, 0.1) is 6.20 Å². The molecule has 1 nitrogen and oxygen atoms in total. The van der Waals surface area contributed by atoms with Crippen molar-refractivity contribution in [3.05, 3.63) is 54.4 Å². The van der Waals surface area contributed by atoms with E-state index < -0.39 is 0 Å². The zero-order chi connectivity index (χ0) is 10.7. The van der Waals surface area contributed by atoms with Gasteiger partial charge in [0.05, 0.1) is 6.20 Å². The van der Waals surface area contributed by atoms with Gasteiger partial charge in [-0.25, -0.2) is 0 Å². The molecule has 1 heteroatoms. The second-order valence-corrected chi connectivity index (χ2v) is 3.95. The maximum atomic E-state index is 3.89. The van der Waals surface area contributed by atoms with Crippen LogP contribution in [0.3, 0.4) is 0 Å². The normalized spacial score (nSPS) is 10.6. The molecule has 1 aromatic heterocycles. The molecule has 75 valence electrons. The first kappa shape index (κ1) is 9.91.